The van der Waals surface area contributed by atoms with Crippen molar-refractivity contribution in [3.63, 3.8) is 0 Å². The van der Waals surface area contributed by atoms with E-state index in [2.05, 4.69) is 4.72 Å². The molecule has 0 heterocycles. The van der Waals surface area contributed by atoms with Gasteiger partial charge in [-0.05, 0) is 49.1 Å². The molecule has 6 heteroatoms. The van der Waals surface area contributed by atoms with E-state index in [1.807, 2.05) is 20.8 Å². The molecule has 0 spiro atoms. The number of hydrogen-bond acceptors (Lipinski definition) is 3. The molecule has 0 saturated heterocycles. The fourth-order valence-corrected chi connectivity index (χ4v) is 3.70. The van der Waals surface area contributed by atoms with Crippen molar-refractivity contribution in [2.24, 2.45) is 11.1 Å². The van der Waals surface area contributed by atoms with Gasteiger partial charge in [-0.2, -0.15) is 0 Å². The molecule has 0 fully saturated rings. The first-order valence-electron chi connectivity index (χ1n) is 6.56. The van der Waals surface area contributed by atoms with E-state index in [-0.39, 0.29) is 16.4 Å². The summed E-state index contributed by atoms with van der Waals surface area (Å²) in [6.07, 6.45) is 0.545. The third-order valence-corrected chi connectivity index (χ3v) is 4.86. The summed E-state index contributed by atoms with van der Waals surface area (Å²) in [6, 6.07) is 3.37. The number of rotatable bonds is 5. The van der Waals surface area contributed by atoms with Gasteiger partial charge in [0, 0.05) is 6.04 Å². The first kappa shape index (κ1) is 17.1. The van der Waals surface area contributed by atoms with Crippen LogP contribution in [0.2, 0.25) is 0 Å². The van der Waals surface area contributed by atoms with Crippen LogP contribution in [-0.4, -0.2) is 21.0 Å². The van der Waals surface area contributed by atoms with Crippen molar-refractivity contribution >= 4 is 10.0 Å². The summed E-state index contributed by atoms with van der Waals surface area (Å²) in [5.74, 6) is -0.448. The zero-order chi connectivity index (χ0) is 15.6. The standard InChI is InChI=1S/C14H23FN2O2S/c1-10-9-11(15)5-6-12(10)20(18,19)17-13(7-8-16)14(2,3)4/h5-6,9,13,17H,7-8,16H2,1-4H3. The lowest BCUT2D eigenvalue weighted by molar-refractivity contribution is 0.287. The molecule has 4 nitrogen and oxygen atoms in total. The van der Waals surface area contributed by atoms with E-state index in [0.29, 0.717) is 18.5 Å². The summed E-state index contributed by atoms with van der Waals surface area (Å²) in [5, 5.41) is 0. The van der Waals surface area contributed by atoms with Gasteiger partial charge in [-0.1, -0.05) is 20.8 Å². The lowest BCUT2D eigenvalue weighted by atomic mass is 9.85. The minimum atomic E-state index is -3.68. The topological polar surface area (TPSA) is 72.2 Å². The zero-order valence-electron chi connectivity index (χ0n) is 12.4. The molecule has 0 aliphatic heterocycles. The quantitative estimate of drug-likeness (QED) is 0.875. The lowest BCUT2D eigenvalue weighted by Crippen LogP contribution is -2.44. The van der Waals surface area contributed by atoms with Crippen molar-refractivity contribution in [3.05, 3.63) is 29.6 Å². The lowest BCUT2D eigenvalue weighted by Gasteiger charge is -2.31. The maximum Gasteiger partial charge on any atom is 0.241 e. The normalized spacial score (nSPS) is 14.3. The van der Waals surface area contributed by atoms with Crippen molar-refractivity contribution in [1.82, 2.24) is 4.72 Å². The Kier molecular flexibility index (Phi) is 5.29. The fourth-order valence-electron chi connectivity index (χ4n) is 2.00. The van der Waals surface area contributed by atoms with Crippen LogP contribution >= 0.6 is 0 Å². The maximum absolute atomic E-state index is 13.1. The molecular weight excluding hydrogens is 279 g/mol. The Hall–Kier alpha value is -0.980. The Bertz CT molecular complexity index is 565. The Labute approximate surface area is 120 Å². The average molecular weight is 302 g/mol. The summed E-state index contributed by atoms with van der Waals surface area (Å²) in [7, 11) is -3.68. The van der Waals surface area contributed by atoms with Crippen molar-refractivity contribution in [2.45, 2.75) is 45.1 Å². The highest BCUT2D eigenvalue weighted by atomic mass is 32.2. The smallest absolute Gasteiger partial charge is 0.241 e. The van der Waals surface area contributed by atoms with Crippen LogP contribution in [0.25, 0.3) is 0 Å². The van der Waals surface area contributed by atoms with Gasteiger partial charge in [0.1, 0.15) is 5.82 Å². The summed E-state index contributed by atoms with van der Waals surface area (Å²) in [5.41, 5.74) is 5.69. The van der Waals surface area contributed by atoms with Crippen LogP contribution in [-0.2, 0) is 10.0 Å². The highest BCUT2D eigenvalue weighted by molar-refractivity contribution is 7.89. The van der Waals surface area contributed by atoms with Crippen LogP contribution in [0.3, 0.4) is 0 Å². The Morgan fingerprint density at radius 3 is 2.40 bits per heavy atom. The minimum Gasteiger partial charge on any atom is -0.330 e. The molecule has 1 atom stereocenters. The summed E-state index contributed by atoms with van der Waals surface area (Å²) >= 11 is 0. The molecule has 0 radical (unpaired) electrons. The molecule has 0 aliphatic rings. The Morgan fingerprint density at radius 1 is 1.35 bits per heavy atom. The number of hydrogen-bond donors (Lipinski definition) is 2. The van der Waals surface area contributed by atoms with Gasteiger partial charge in [0.05, 0.1) is 4.90 Å². The SMILES string of the molecule is Cc1cc(F)ccc1S(=O)(=O)NC(CCN)C(C)(C)C. The molecule has 3 N–H and O–H groups in total. The number of nitrogens with one attached hydrogen (secondary N) is 1. The van der Waals surface area contributed by atoms with Gasteiger partial charge < -0.3 is 5.73 Å². The molecule has 1 aromatic rings. The van der Waals surface area contributed by atoms with E-state index in [1.165, 1.54) is 12.1 Å². The predicted molar refractivity (Wildman–Crippen MR) is 78.4 cm³/mol. The van der Waals surface area contributed by atoms with E-state index in [0.717, 1.165) is 6.07 Å². The van der Waals surface area contributed by atoms with Crippen molar-refractivity contribution in [2.75, 3.05) is 6.54 Å². The molecule has 0 bridgehead atoms. The largest absolute Gasteiger partial charge is 0.330 e. The van der Waals surface area contributed by atoms with Crippen LogP contribution < -0.4 is 10.5 Å². The van der Waals surface area contributed by atoms with Crippen molar-refractivity contribution in [1.29, 1.82) is 0 Å². The monoisotopic (exact) mass is 302 g/mol. The van der Waals surface area contributed by atoms with Gasteiger partial charge in [-0.15, -0.1) is 0 Å². The summed E-state index contributed by atoms with van der Waals surface area (Å²) in [6.45, 7) is 7.83. The van der Waals surface area contributed by atoms with E-state index >= 15 is 0 Å². The Balaban J connectivity index is 3.10. The van der Waals surface area contributed by atoms with E-state index in [9.17, 15) is 12.8 Å². The average Bonchev–Trinajstić information content (AvgIpc) is 2.26. The summed E-state index contributed by atoms with van der Waals surface area (Å²) < 4.78 is 40.6. The molecule has 0 aliphatic carbocycles. The zero-order valence-corrected chi connectivity index (χ0v) is 13.2. The van der Waals surface area contributed by atoms with Gasteiger partial charge in [0.15, 0.2) is 0 Å². The molecule has 1 aromatic carbocycles. The van der Waals surface area contributed by atoms with Gasteiger partial charge in [-0.3, -0.25) is 0 Å². The van der Waals surface area contributed by atoms with E-state index < -0.39 is 15.8 Å². The number of aryl methyl sites for hydroxylation is 1. The van der Waals surface area contributed by atoms with Crippen LogP contribution in [0, 0.1) is 18.2 Å². The maximum atomic E-state index is 13.1. The van der Waals surface area contributed by atoms with Crippen LogP contribution in [0.4, 0.5) is 4.39 Å². The molecule has 0 saturated carbocycles. The first-order chi connectivity index (χ1) is 9.08. The molecule has 1 unspecified atom stereocenters. The van der Waals surface area contributed by atoms with E-state index in [4.69, 9.17) is 5.73 Å². The minimum absolute atomic E-state index is 0.102. The van der Waals surface area contributed by atoms with Gasteiger partial charge >= 0.3 is 0 Å². The van der Waals surface area contributed by atoms with Gasteiger partial charge in [0.2, 0.25) is 10.0 Å². The third-order valence-electron chi connectivity index (χ3n) is 3.22. The number of sulfonamides is 1. The van der Waals surface area contributed by atoms with Crippen LogP contribution in [0.5, 0.6) is 0 Å². The highest BCUT2D eigenvalue weighted by Crippen LogP contribution is 2.24. The van der Waals surface area contributed by atoms with Crippen molar-refractivity contribution in [3.8, 4) is 0 Å². The molecule has 0 amide bonds. The molecule has 1 rings (SSSR count). The first-order valence-corrected chi connectivity index (χ1v) is 8.05. The van der Waals surface area contributed by atoms with Gasteiger partial charge in [0.25, 0.3) is 0 Å². The molecule has 20 heavy (non-hydrogen) atoms. The van der Waals surface area contributed by atoms with Gasteiger partial charge in [-0.25, -0.2) is 17.5 Å². The Morgan fingerprint density at radius 2 is 1.95 bits per heavy atom. The van der Waals surface area contributed by atoms with Crippen LogP contribution in [0.1, 0.15) is 32.8 Å². The fraction of sp³-hybridized carbons (Fsp3) is 0.571. The number of benzene rings is 1. The van der Waals surface area contributed by atoms with E-state index in [1.54, 1.807) is 6.92 Å². The number of halogens is 1. The summed E-state index contributed by atoms with van der Waals surface area (Å²) in [4.78, 5) is 0.102. The molecule has 0 aromatic heterocycles. The predicted octanol–water partition coefficient (Wildman–Crippen LogP) is 2.18. The molecular formula is C14H23FN2O2S. The second-order valence-electron chi connectivity index (χ2n) is 6.03. The third kappa shape index (κ3) is 4.26. The second-order valence-corrected chi connectivity index (χ2v) is 7.71. The number of nitrogens with two attached hydrogens (primary N) is 1. The highest BCUT2D eigenvalue weighted by Gasteiger charge is 2.29. The molecule has 114 valence electrons. The second kappa shape index (κ2) is 6.20. The van der Waals surface area contributed by atoms with Crippen LogP contribution in [0.15, 0.2) is 23.1 Å². The van der Waals surface area contributed by atoms with Crippen molar-refractivity contribution < 1.29 is 12.8 Å².